The van der Waals surface area contributed by atoms with Crippen LogP contribution in [0.1, 0.15) is 36.0 Å². The zero-order valence-electron chi connectivity index (χ0n) is 12.8. The Bertz CT molecular complexity index is 649. The molecule has 6 heteroatoms. The van der Waals surface area contributed by atoms with Crippen LogP contribution in [-0.2, 0) is 0 Å². The van der Waals surface area contributed by atoms with Gasteiger partial charge in [0.1, 0.15) is 0 Å². The fourth-order valence-corrected chi connectivity index (χ4v) is 2.87. The molecule has 1 aliphatic heterocycles. The van der Waals surface area contributed by atoms with Crippen LogP contribution in [0.5, 0.6) is 0 Å². The number of hydrogen-bond donors (Lipinski definition) is 1. The van der Waals surface area contributed by atoms with Gasteiger partial charge in [-0.05, 0) is 37.1 Å². The third-order valence-corrected chi connectivity index (χ3v) is 4.42. The van der Waals surface area contributed by atoms with Gasteiger partial charge in [0.2, 0.25) is 5.95 Å². The van der Waals surface area contributed by atoms with Gasteiger partial charge in [-0.3, -0.25) is 4.79 Å². The molecular formula is C17H19BrN4O. The molecule has 23 heavy (non-hydrogen) atoms. The topological polar surface area (TPSA) is 58.1 Å². The Morgan fingerprint density at radius 3 is 2.22 bits per heavy atom. The molecule has 1 saturated heterocycles. The van der Waals surface area contributed by atoms with E-state index in [1.54, 1.807) is 12.4 Å². The second-order valence-electron chi connectivity index (χ2n) is 5.63. The smallest absolute Gasteiger partial charge is 0.258 e. The molecule has 0 unspecified atom stereocenters. The molecule has 0 spiro atoms. The van der Waals surface area contributed by atoms with E-state index in [0.717, 1.165) is 23.2 Å². The minimum atomic E-state index is -0.199. The van der Waals surface area contributed by atoms with Crippen molar-refractivity contribution in [1.29, 1.82) is 0 Å². The third kappa shape index (κ3) is 4.28. The van der Waals surface area contributed by atoms with Crippen molar-refractivity contribution >= 4 is 33.5 Å². The highest BCUT2D eigenvalue weighted by molar-refractivity contribution is 9.10. The van der Waals surface area contributed by atoms with Gasteiger partial charge in [-0.25, -0.2) is 9.97 Å². The normalized spacial score (nSPS) is 15.1. The SMILES string of the molecule is O=C(Nc1ccc(Br)cc1)c1cnc(N2CCCCCC2)nc1. The first-order valence-corrected chi connectivity index (χ1v) is 8.65. The Labute approximate surface area is 144 Å². The number of benzene rings is 1. The Morgan fingerprint density at radius 2 is 1.61 bits per heavy atom. The van der Waals surface area contributed by atoms with Crippen LogP contribution in [0, 0.1) is 0 Å². The van der Waals surface area contributed by atoms with Crippen LogP contribution in [0.3, 0.4) is 0 Å². The first-order chi connectivity index (χ1) is 11.2. The van der Waals surface area contributed by atoms with E-state index in [1.807, 2.05) is 24.3 Å². The molecule has 1 aromatic carbocycles. The van der Waals surface area contributed by atoms with Gasteiger partial charge in [0, 0.05) is 35.6 Å². The predicted molar refractivity (Wildman–Crippen MR) is 94.8 cm³/mol. The van der Waals surface area contributed by atoms with E-state index >= 15 is 0 Å². The van der Waals surface area contributed by atoms with Crippen LogP contribution >= 0.6 is 15.9 Å². The van der Waals surface area contributed by atoms with Crippen molar-refractivity contribution in [3.63, 3.8) is 0 Å². The number of nitrogens with one attached hydrogen (secondary N) is 1. The minimum Gasteiger partial charge on any atom is -0.341 e. The van der Waals surface area contributed by atoms with Crippen molar-refractivity contribution in [2.24, 2.45) is 0 Å². The molecule has 120 valence electrons. The molecule has 1 aromatic heterocycles. The summed E-state index contributed by atoms with van der Waals surface area (Å²) in [6, 6.07) is 7.45. The lowest BCUT2D eigenvalue weighted by atomic mass is 10.2. The molecule has 1 fully saturated rings. The Morgan fingerprint density at radius 1 is 1.00 bits per heavy atom. The zero-order chi connectivity index (χ0) is 16.1. The first kappa shape index (κ1) is 15.9. The number of amides is 1. The van der Waals surface area contributed by atoms with Gasteiger partial charge in [0.15, 0.2) is 0 Å². The van der Waals surface area contributed by atoms with Crippen molar-refractivity contribution < 1.29 is 4.79 Å². The molecule has 0 aliphatic carbocycles. The molecule has 1 aliphatic rings. The summed E-state index contributed by atoms with van der Waals surface area (Å²) in [6.07, 6.45) is 8.08. The highest BCUT2D eigenvalue weighted by Gasteiger charge is 2.13. The quantitative estimate of drug-likeness (QED) is 0.885. The molecule has 1 N–H and O–H groups in total. The molecule has 3 rings (SSSR count). The van der Waals surface area contributed by atoms with E-state index < -0.39 is 0 Å². The summed E-state index contributed by atoms with van der Waals surface area (Å²) in [5.41, 5.74) is 1.21. The summed E-state index contributed by atoms with van der Waals surface area (Å²) < 4.78 is 0.973. The number of hydrogen-bond acceptors (Lipinski definition) is 4. The standard InChI is InChI=1S/C17H19BrN4O/c18-14-5-7-15(8-6-14)21-16(23)13-11-19-17(20-12-13)22-9-3-1-2-4-10-22/h5-8,11-12H,1-4,9-10H2,(H,21,23). The minimum absolute atomic E-state index is 0.199. The van der Waals surface area contributed by atoms with Crippen LogP contribution in [0.15, 0.2) is 41.1 Å². The maximum atomic E-state index is 12.2. The van der Waals surface area contributed by atoms with Gasteiger partial charge in [-0.1, -0.05) is 28.8 Å². The van der Waals surface area contributed by atoms with Crippen molar-refractivity contribution in [3.05, 3.63) is 46.7 Å². The maximum absolute atomic E-state index is 12.2. The van der Waals surface area contributed by atoms with Crippen molar-refractivity contribution in [1.82, 2.24) is 9.97 Å². The first-order valence-electron chi connectivity index (χ1n) is 7.86. The number of rotatable bonds is 3. The molecule has 0 bridgehead atoms. The zero-order valence-corrected chi connectivity index (χ0v) is 14.4. The van der Waals surface area contributed by atoms with Gasteiger partial charge in [-0.15, -0.1) is 0 Å². The monoisotopic (exact) mass is 374 g/mol. The average molecular weight is 375 g/mol. The number of carbonyl (C=O) groups excluding carboxylic acids is 1. The lowest BCUT2D eigenvalue weighted by Crippen LogP contribution is -2.26. The lowest BCUT2D eigenvalue weighted by molar-refractivity contribution is 0.102. The number of aromatic nitrogens is 2. The van der Waals surface area contributed by atoms with Gasteiger partial charge in [-0.2, -0.15) is 0 Å². The van der Waals surface area contributed by atoms with Gasteiger partial charge in [0.25, 0.3) is 5.91 Å². The molecule has 5 nitrogen and oxygen atoms in total. The van der Waals surface area contributed by atoms with Crippen molar-refractivity contribution in [2.45, 2.75) is 25.7 Å². The highest BCUT2D eigenvalue weighted by Crippen LogP contribution is 2.17. The van der Waals surface area contributed by atoms with Crippen LogP contribution in [-0.4, -0.2) is 29.0 Å². The summed E-state index contributed by atoms with van der Waals surface area (Å²) in [4.78, 5) is 23.2. The van der Waals surface area contributed by atoms with E-state index in [4.69, 9.17) is 0 Å². The van der Waals surface area contributed by atoms with Gasteiger partial charge < -0.3 is 10.2 Å². The molecule has 2 heterocycles. The molecule has 0 saturated carbocycles. The molecular weight excluding hydrogens is 356 g/mol. The molecule has 1 amide bonds. The van der Waals surface area contributed by atoms with Crippen molar-refractivity contribution in [3.8, 4) is 0 Å². The summed E-state index contributed by atoms with van der Waals surface area (Å²) in [7, 11) is 0. The summed E-state index contributed by atoms with van der Waals surface area (Å²) in [5.74, 6) is 0.516. The van der Waals surface area contributed by atoms with Gasteiger partial charge in [0.05, 0.1) is 5.56 Å². The molecule has 0 radical (unpaired) electrons. The van der Waals surface area contributed by atoms with Crippen LogP contribution in [0.25, 0.3) is 0 Å². The van der Waals surface area contributed by atoms with E-state index in [-0.39, 0.29) is 5.91 Å². The fraction of sp³-hybridized carbons (Fsp3) is 0.353. The Kier molecular flexibility index (Phi) is 5.23. The fourth-order valence-electron chi connectivity index (χ4n) is 2.61. The van der Waals surface area contributed by atoms with Crippen LogP contribution < -0.4 is 10.2 Å². The lowest BCUT2D eigenvalue weighted by Gasteiger charge is -2.19. The number of carbonyl (C=O) groups is 1. The summed E-state index contributed by atoms with van der Waals surface area (Å²) >= 11 is 3.37. The van der Waals surface area contributed by atoms with Crippen molar-refractivity contribution in [2.75, 3.05) is 23.3 Å². The average Bonchev–Trinajstić information content (AvgIpc) is 2.86. The second-order valence-corrected chi connectivity index (χ2v) is 6.55. The van der Waals surface area contributed by atoms with E-state index in [1.165, 1.54) is 25.7 Å². The molecule has 0 atom stereocenters. The Balaban J connectivity index is 1.66. The van der Waals surface area contributed by atoms with Crippen LogP contribution in [0.2, 0.25) is 0 Å². The highest BCUT2D eigenvalue weighted by atomic mass is 79.9. The number of nitrogens with zero attached hydrogens (tertiary/aromatic N) is 3. The molecule has 2 aromatic rings. The van der Waals surface area contributed by atoms with E-state index in [0.29, 0.717) is 11.5 Å². The second kappa shape index (κ2) is 7.55. The van der Waals surface area contributed by atoms with Crippen LogP contribution in [0.4, 0.5) is 11.6 Å². The van der Waals surface area contributed by atoms with E-state index in [2.05, 4.69) is 36.1 Å². The predicted octanol–water partition coefficient (Wildman–Crippen LogP) is 3.87. The summed E-state index contributed by atoms with van der Waals surface area (Å²) in [6.45, 7) is 1.98. The summed E-state index contributed by atoms with van der Waals surface area (Å²) in [5, 5.41) is 2.84. The largest absolute Gasteiger partial charge is 0.341 e. The third-order valence-electron chi connectivity index (χ3n) is 3.89. The maximum Gasteiger partial charge on any atom is 0.258 e. The number of anilines is 2. The Hall–Kier alpha value is -1.95. The van der Waals surface area contributed by atoms with E-state index in [9.17, 15) is 4.79 Å². The number of halogens is 1. The van der Waals surface area contributed by atoms with Gasteiger partial charge >= 0.3 is 0 Å².